The van der Waals surface area contributed by atoms with Gasteiger partial charge in [0.25, 0.3) is 0 Å². The molecule has 8 nitrogen and oxygen atoms in total. The summed E-state index contributed by atoms with van der Waals surface area (Å²) >= 11 is 0. The Morgan fingerprint density at radius 1 is 1.27 bits per heavy atom. The highest BCUT2D eigenvalue weighted by atomic mass is 35.5. The topological polar surface area (TPSA) is 108 Å². The number of carboxylic acid groups (broad SMARTS) is 1. The standard InChI is InChI=1S/C17H25N3O5.ClH/c1-5-8-20(10-16(22)23)11(2)17(24)19-14-9-13(18-12(3)21)6-7-15(14)25-4;/h6-7,9,11H,5,8,10H2,1-4H3,(H,18,21)(H,19,24)(H,22,23);1H. The van der Waals surface area contributed by atoms with Crippen LogP contribution in [-0.2, 0) is 14.4 Å². The third-order valence-corrected chi connectivity index (χ3v) is 3.55. The molecule has 3 N–H and O–H groups in total. The van der Waals surface area contributed by atoms with Crippen molar-refractivity contribution in [3.8, 4) is 5.75 Å². The molecule has 0 fully saturated rings. The molecular formula is C17H26ClN3O5. The molecule has 0 bridgehead atoms. The van der Waals surface area contributed by atoms with Crippen molar-refractivity contribution in [1.82, 2.24) is 4.90 Å². The van der Waals surface area contributed by atoms with Crippen molar-refractivity contribution >= 4 is 41.6 Å². The lowest BCUT2D eigenvalue weighted by molar-refractivity contribution is -0.139. The molecule has 0 saturated carbocycles. The SMILES string of the molecule is CCCN(CC(=O)O)C(C)C(=O)Nc1cc(NC(C)=O)ccc1OC.Cl. The van der Waals surface area contributed by atoms with Crippen LogP contribution in [0.3, 0.4) is 0 Å². The van der Waals surface area contributed by atoms with Crippen LogP contribution in [0.2, 0.25) is 0 Å². The van der Waals surface area contributed by atoms with E-state index in [4.69, 9.17) is 9.84 Å². The highest BCUT2D eigenvalue weighted by Gasteiger charge is 2.23. The van der Waals surface area contributed by atoms with Crippen LogP contribution < -0.4 is 15.4 Å². The molecule has 1 rings (SSSR count). The Kier molecular flexibility index (Phi) is 10.3. The van der Waals surface area contributed by atoms with Crippen LogP contribution in [0.4, 0.5) is 11.4 Å². The molecule has 26 heavy (non-hydrogen) atoms. The first kappa shape index (κ1) is 23.7. The Balaban J connectivity index is 0.00000625. The van der Waals surface area contributed by atoms with Crippen LogP contribution in [0, 0.1) is 0 Å². The van der Waals surface area contributed by atoms with E-state index in [2.05, 4.69) is 10.6 Å². The molecule has 1 aromatic rings. The summed E-state index contributed by atoms with van der Waals surface area (Å²) in [5.41, 5.74) is 0.921. The maximum Gasteiger partial charge on any atom is 0.317 e. The van der Waals surface area contributed by atoms with Gasteiger partial charge < -0.3 is 20.5 Å². The summed E-state index contributed by atoms with van der Waals surface area (Å²) in [5.74, 6) is -1.13. The Labute approximate surface area is 159 Å². The predicted molar refractivity (Wildman–Crippen MR) is 102 cm³/mol. The first-order valence-corrected chi connectivity index (χ1v) is 8.00. The summed E-state index contributed by atoms with van der Waals surface area (Å²) in [7, 11) is 1.47. The van der Waals surface area contributed by atoms with Gasteiger partial charge in [0.05, 0.1) is 25.4 Å². The fourth-order valence-electron chi connectivity index (χ4n) is 2.36. The van der Waals surface area contributed by atoms with E-state index in [0.29, 0.717) is 23.7 Å². The van der Waals surface area contributed by atoms with Crippen LogP contribution >= 0.6 is 12.4 Å². The molecule has 0 aliphatic heterocycles. The lowest BCUT2D eigenvalue weighted by Gasteiger charge is -2.26. The number of methoxy groups -OCH3 is 1. The van der Waals surface area contributed by atoms with Crippen molar-refractivity contribution in [3.05, 3.63) is 18.2 Å². The Morgan fingerprint density at radius 3 is 2.42 bits per heavy atom. The molecule has 146 valence electrons. The van der Waals surface area contributed by atoms with E-state index in [9.17, 15) is 14.4 Å². The summed E-state index contributed by atoms with van der Waals surface area (Å²) < 4.78 is 5.22. The molecule has 2 amide bonds. The van der Waals surface area contributed by atoms with Gasteiger partial charge in [-0.25, -0.2) is 0 Å². The summed E-state index contributed by atoms with van der Waals surface area (Å²) in [6.07, 6.45) is 0.728. The number of ether oxygens (including phenoxy) is 1. The number of benzene rings is 1. The van der Waals surface area contributed by atoms with Gasteiger partial charge >= 0.3 is 5.97 Å². The molecule has 0 aliphatic rings. The number of carboxylic acids is 1. The van der Waals surface area contributed by atoms with Crippen LogP contribution in [0.5, 0.6) is 5.75 Å². The van der Waals surface area contributed by atoms with Gasteiger partial charge in [-0.3, -0.25) is 19.3 Å². The monoisotopic (exact) mass is 387 g/mol. The fraction of sp³-hybridized carbons (Fsp3) is 0.471. The minimum atomic E-state index is -0.988. The lowest BCUT2D eigenvalue weighted by atomic mass is 10.2. The van der Waals surface area contributed by atoms with Gasteiger partial charge in [-0.1, -0.05) is 6.92 Å². The molecule has 1 aromatic carbocycles. The molecule has 0 aliphatic carbocycles. The minimum Gasteiger partial charge on any atom is -0.495 e. The largest absolute Gasteiger partial charge is 0.495 e. The van der Waals surface area contributed by atoms with Gasteiger partial charge in [0, 0.05) is 12.6 Å². The average molecular weight is 388 g/mol. The number of hydrogen-bond acceptors (Lipinski definition) is 5. The number of rotatable bonds is 9. The van der Waals surface area contributed by atoms with E-state index < -0.39 is 12.0 Å². The predicted octanol–water partition coefficient (Wildman–Crippen LogP) is 2.20. The summed E-state index contributed by atoms with van der Waals surface area (Å²) in [6.45, 7) is 5.23. The average Bonchev–Trinajstić information content (AvgIpc) is 2.53. The maximum atomic E-state index is 12.5. The minimum absolute atomic E-state index is 0. The van der Waals surface area contributed by atoms with Crippen LogP contribution in [0.15, 0.2) is 18.2 Å². The molecular weight excluding hydrogens is 362 g/mol. The number of halogens is 1. The summed E-state index contributed by atoms with van der Waals surface area (Å²) in [6, 6.07) is 4.25. The zero-order chi connectivity index (χ0) is 19.0. The Hall–Kier alpha value is -2.32. The smallest absolute Gasteiger partial charge is 0.317 e. The van der Waals surface area contributed by atoms with E-state index in [1.54, 1.807) is 30.0 Å². The normalized spacial score (nSPS) is 11.3. The second kappa shape index (κ2) is 11.3. The van der Waals surface area contributed by atoms with Crippen LogP contribution in [0.25, 0.3) is 0 Å². The fourth-order valence-corrected chi connectivity index (χ4v) is 2.36. The number of carbonyl (C=O) groups is 3. The number of amides is 2. The molecule has 1 atom stereocenters. The van der Waals surface area contributed by atoms with Gasteiger partial charge in [0.2, 0.25) is 11.8 Å². The molecule has 0 aromatic heterocycles. The molecule has 0 spiro atoms. The maximum absolute atomic E-state index is 12.5. The van der Waals surface area contributed by atoms with E-state index in [0.717, 1.165) is 6.42 Å². The van der Waals surface area contributed by atoms with Crippen LogP contribution in [0.1, 0.15) is 27.2 Å². The zero-order valence-corrected chi connectivity index (χ0v) is 16.2. The lowest BCUT2D eigenvalue weighted by Crippen LogP contribution is -2.45. The second-order valence-corrected chi connectivity index (χ2v) is 5.63. The number of nitrogens with one attached hydrogen (secondary N) is 2. The number of carbonyl (C=O) groups excluding carboxylic acids is 2. The van der Waals surface area contributed by atoms with E-state index in [1.165, 1.54) is 14.0 Å². The number of hydrogen-bond donors (Lipinski definition) is 3. The van der Waals surface area contributed by atoms with Gasteiger partial charge in [0.1, 0.15) is 5.75 Å². The highest BCUT2D eigenvalue weighted by molar-refractivity contribution is 5.97. The highest BCUT2D eigenvalue weighted by Crippen LogP contribution is 2.28. The first-order valence-electron chi connectivity index (χ1n) is 8.00. The molecule has 0 radical (unpaired) electrons. The van der Waals surface area contributed by atoms with Crippen molar-refractivity contribution in [3.63, 3.8) is 0 Å². The van der Waals surface area contributed by atoms with Crippen molar-refractivity contribution in [2.45, 2.75) is 33.2 Å². The second-order valence-electron chi connectivity index (χ2n) is 5.63. The van der Waals surface area contributed by atoms with Gasteiger partial charge in [0.15, 0.2) is 0 Å². The number of aliphatic carboxylic acids is 1. The van der Waals surface area contributed by atoms with Crippen molar-refractivity contribution in [2.24, 2.45) is 0 Å². The molecule has 0 saturated heterocycles. The van der Waals surface area contributed by atoms with Gasteiger partial charge in [-0.15, -0.1) is 12.4 Å². The van der Waals surface area contributed by atoms with E-state index >= 15 is 0 Å². The quantitative estimate of drug-likeness (QED) is 0.599. The van der Waals surface area contributed by atoms with Crippen molar-refractivity contribution < 1.29 is 24.2 Å². The summed E-state index contributed by atoms with van der Waals surface area (Å²) in [4.78, 5) is 36.3. The molecule has 1 unspecified atom stereocenters. The van der Waals surface area contributed by atoms with Crippen molar-refractivity contribution in [2.75, 3.05) is 30.8 Å². The van der Waals surface area contributed by atoms with Gasteiger partial charge in [-0.2, -0.15) is 0 Å². The van der Waals surface area contributed by atoms with Gasteiger partial charge in [-0.05, 0) is 38.1 Å². The third kappa shape index (κ3) is 7.28. The molecule has 0 heterocycles. The summed E-state index contributed by atoms with van der Waals surface area (Å²) in [5, 5.41) is 14.4. The number of anilines is 2. The van der Waals surface area contributed by atoms with E-state index in [1.807, 2.05) is 6.92 Å². The molecule has 9 heteroatoms. The Morgan fingerprint density at radius 2 is 1.92 bits per heavy atom. The first-order chi connectivity index (χ1) is 11.8. The van der Waals surface area contributed by atoms with Crippen molar-refractivity contribution in [1.29, 1.82) is 0 Å². The number of nitrogens with zero attached hydrogens (tertiary/aromatic N) is 1. The third-order valence-electron chi connectivity index (χ3n) is 3.55. The van der Waals surface area contributed by atoms with Crippen LogP contribution in [-0.4, -0.2) is 54.0 Å². The van der Waals surface area contributed by atoms with E-state index in [-0.39, 0.29) is 30.8 Å². The Bertz CT molecular complexity index is 639. The zero-order valence-electron chi connectivity index (χ0n) is 15.4.